The van der Waals surface area contributed by atoms with Crippen LogP contribution in [0.3, 0.4) is 0 Å². The lowest BCUT2D eigenvalue weighted by Crippen LogP contribution is -2.36. The van der Waals surface area contributed by atoms with Gasteiger partial charge in [0.1, 0.15) is 5.75 Å². The van der Waals surface area contributed by atoms with Crippen LogP contribution in [0.15, 0.2) is 18.5 Å². The highest BCUT2D eigenvalue weighted by molar-refractivity contribution is 5.94. The maximum Gasteiger partial charge on any atom is 0.255 e. The Morgan fingerprint density at radius 2 is 1.94 bits per heavy atom. The molecule has 98 valence electrons. The second-order valence-corrected chi connectivity index (χ2v) is 4.99. The minimum atomic E-state index is -0.0506. The van der Waals surface area contributed by atoms with Crippen LogP contribution >= 0.6 is 0 Å². The van der Waals surface area contributed by atoms with E-state index in [1.807, 2.05) is 11.9 Å². The molecule has 1 amide bonds. The monoisotopic (exact) mass is 248 g/mol. The van der Waals surface area contributed by atoms with E-state index in [0.29, 0.717) is 11.6 Å². The van der Waals surface area contributed by atoms with Gasteiger partial charge in [0.05, 0.1) is 11.8 Å². The van der Waals surface area contributed by atoms with Crippen molar-refractivity contribution in [2.75, 3.05) is 7.05 Å². The van der Waals surface area contributed by atoms with Gasteiger partial charge >= 0.3 is 0 Å². The highest BCUT2D eigenvalue weighted by Crippen LogP contribution is 2.22. The number of aromatic nitrogens is 1. The number of aromatic hydroxyl groups is 1. The van der Waals surface area contributed by atoms with Gasteiger partial charge in [-0.1, -0.05) is 25.7 Å². The summed E-state index contributed by atoms with van der Waals surface area (Å²) in [5, 5.41) is 9.37. The summed E-state index contributed by atoms with van der Waals surface area (Å²) in [5.41, 5.74) is 0.460. The molecule has 1 N–H and O–H groups in total. The number of carbonyl (C=O) groups is 1. The van der Waals surface area contributed by atoms with E-state index in [2.05, 4.69) is 4.98 Å². The number of hydrogen-bond acceptors (Lipinski definition) is 3. The second kappa shape index (κ2) is 5.85. The van der Waals surface area contributed by atoms with E-state index in [1.165, 1.54) is 44.1 Å². The molecule has 1 aromatic heterocycles. The quantitative estimate of drug-likeness (QED) is 0.818. The van der Waals surface area contributed by atoms with Gasteiger partial charge in [-0.15, -0.1) is 0 Å². The van der Waals surface area contributed by atoms with Crippen molar-refractivity contribution in [2.45, 2.75) is 44.6 Å². The summed E-state index contributed by atoms with van der Waals surface area (Å²) in [6.07, 6.45) is 9.93. The van der Waals surface area contributed by atoms with E-state index in [9.17, 15) is 9.90 Å². The Hall–Kier alpha value is -1.58. The van der Waals surface area contributed by atoms with Gasteiger partial charge in [0, 0.05) is 19.3 Å². The normalized spacial score (nSPS) is 17.2. The van der Waals surface area contributed by atoms with Crippen molar-refractivity contribution in [1.82, 2.24) is 9.88 Å². The molecule has 0 saturated heterocycles. The van der Waals surface area contributed by atoms with Gasteiger partial charge in [-0.25, -0.2) is 0 Å². The number of amides is 1. The smallest absolute Gasteiger partial charge is 0.255 e. The summed E-state index contributed by atoms with van der Waals surface area (Å²) in [6.45, 7) is 0. The summed E-state index contributed by atoms with van der Waals surface area (Å²) in [7, 11) is 1.85. The summed E-state index contributed by atoms with van der Waals surface area (Å²) >= 11 is 0. The summed E-state index contributed by atoms with van der Waals surface area (Å²) < 4.78 is 0. The predicted molar refractivity (Wildman–Crippen MR) is 69.5 cm³/mol. The average Bonchev–Trinajstić information content (AvgIpc) is 2.66. The Morgan fingerprint density at radius 3 is 2.56 bits per heavy atom. The SMILES string of the molecule is CN(C(=O)c1cncc(O)c1)C1CCCCCC1. The molecule has 0 atom stereocenters. The first kappa shape index (κ1) is 12.9. The third-order valence-corrected chi connectivity index (χ3v) is 3.66. The van der Waals surface area contributed by atoms with E-state index >= 15 is 0 Å². The van der Waals surface area contributed by atoms with E-state index in [0.717, 1.165) is 12.8 Å². The van der Waals surface area contributed by atoms with Crippen LogP contribution in [0.2, 0.25) is 0 Å². The molecule has 4 nitrogen and oxygen atoms in total. The van der Waals surface area contributed by atoms with E-state index in [-0.39, 0.29) is 11.7 Å². The maximum atomic E-state index is 12.3. The number of hydrogen-bond donors (Lipinski definition) is 1. The molecule has 1 saturated carbocycles. The third kappa shape index (κ3) is 3.00. The van der Waals surface area contributed by atoms with Crippen LogP contribution in [0, 0.1) is 0 Å². The van der Waals surface area contributed by atoms with Gasteiger partial charge in [-0.2, -0.15) is 0 Å². The van der Waals surface area contributed by atoms with Gasteiger partial charge in [0.25, 0.3) is 5.91 Å². The van der Waals surface area contributed by atoms with Gasteiger partial charge in [0.2, 0.25) is 0 Å². The molecule has 0 radical (unpaired) electrons. The fourth-order valence-electron chi connectivity index (χ4n) is 2.56. The van der Waals surface area contributed by atoms with Crippen molar-refractivity contribution < 1.29 is 9.90 Å². The molecule has 4 heteroatoms. The van der Waals surface area contributed by atoms with Gasteiger partial charge in [-0.3, -0.25) is 9.78 Å². The Labute approximate surface area is 108 Å². The van der Waals surface area contributed by atoms with Crippen LogP contribution in [0.5, 0.6) is 5.75 Å². The standard InChI is InChI=1S/C14H20N2O2/c1-16(12-6-4-2-3-5-7-12)14(18)11-8-13(17)10-15-9-11/h8-10,12,17H,2-7H2,1H3. The highest BCUT2D eigenvalue weighted by Gasteiger charge is 2.22. The van der Waals surface area contributed by atoms with E-state index < -0.39 is 0 Å². The molecule has 1 aliphatic rings. The second-order valence-electron chi connectivity index (χ2n) is 4.99. The zero-order valence-electron chi connectivity index (χ0n) is 10.8. The van der Waals surface area contributed by atoms with Gasteiger partial charge in [-0.05, 0) is 18.9 Å². The Balaban J connectivity index is 2.07. The Bertz CT molecular complexity index is 412. The first-order chi connectivity index (χ1) is 8.68. The van der Waals surface area contributed by atoms with Crippen LogP contribution in [0.4, 0.5) is 0 Å². The van der Waals surface area contributed by atoms with Crippen LogP contribution in [-0.4, -0.2) is 34.0 Å². The molecular formula is C14H20N2O2. The maximum absolute atomic E-state index is 12.3. The minimum Gasteiger partial charge on any atom is -0.506 e. The molecule has 1 aliphatic carbocycles. The molecule has 0 aliphatic heterocycles. The molecule has 0 aromatic carbocycles. The van der Waals surface area contributed by atoms with Crippen molar-refractivity contribution in [3.63, 3.8) is 0 Å². The summed E-state index contributed by atoms with van der Waals surface area (Å²) in [6, 6.07) is 1.80. The lowest BCUT2D eigenvalue weighted by molar-refractivity contribution is 0.0717. The predicted octanol–water partition coefficient (Wildman–Crippen LogP) is 2.58. The molecule has 2 rings (SSSR count). The van der Waals surface area contributed by atoms with Crippen LogP contribution in [0.25, 0.3) is 0 Å². The Morgan fingerprint density at radius 1 is 1.28 bits per heavy atom. The molecule has 0 unspecified atom stereocenters. The van der Waals surface area contributed by atoms with Crippen molar-refractivity contribution in [2.24, 2.45) is 0 Å². The molecule has 1 heterocycles. The van der Waals surface area contributed by atoms with Crippen LogP contribution in [0.1, 0.15) is 48.9 Å². The number of nitrogens with zero attached hydrogens (tertiary/aromatic N) is 2. The zero-order chi connectivity index (χ0) is 13.0. The fraction of sp³-hybridized carbons (Fsp3) is 0.571. The number of pyridine rings is 1. The summed E-state index contributed by atoms with van der Waals surface area (Å²) in [5.74, 6) is -0.0135. The fourth-order valence-corrected chi connectivity index (χ4v) is 2.56. The van der Waals surface area contributed by atoms with Gasteiger partial charge in [0.15, 0.2) is 0 Å². The van der Waals surface area contributed by atoms with Crippen molar-refractivity contribution >= 4 is 5.91 Å². The Kier molecular flexibility index (Phi) is 4.18. The lowest BCUT2D eigenvalue weighted by Gasteiger charge is -2.27. The average molecular weight is 248 g/mol. The van der Waals surface area contributed by atoms with Gasteiger partial charge < -0.3 is 10.0 Å². The van der Waals surface area contributed by atoms with Crippen LogP contribution < -0.4 is 0 Å². The molecular weight excluding hydrogens is 228 g/mol. The first-order valence-corrected chi connectivity index (χ1v) is 6.59. The number of carbonyl (C=O) groups excluding carboxylic acids is 1. The van der Waals surface area contributed by atoms with E-state index in [4.69, 9.17) is 0 Å². The molecule has 0 bridgehead atoms. The van der Waals surface area contributed by atoms with Crippen molar-refractivity contribution in [3.05, 3.63) is 24.0 Å². The highest BCUT2D eigenvalue weighted by atomic mass is 16.3. The number of rotatable bonds is 2. The largest absolute Gasteiger partial charge is 0.506 e. The minimum absolute atomic E-state index is 0.0371. The molecule has 18 heavy (non-hydrogen) atoms. The third-order valence-electron chi connectivity index (χ3n) is 3.66. The molecule has 0 spiro atoms. The van der Waals surface area contributed by atoms with Crippen molar-refractivity contribution in [3.8, 4) is 5.75 Å². The van der Waals surface area contributed by atoms with Crippen molar-refractivity contribution in [1.29, 1.82) is 0 Å². The van der Waals surface area contributed by atoms with E-state index in [1.54, 1.807) is 0 Å². The molecule has 1 aromatic rings. The molecule has 1 fully saturated rings. The lowest BCUT2D eigenvalue weighted by atomic mass is 10.1. The topological polar surface area (TPSA) is 53.4 Å². The zero-order valence-corrected chi connectivity index (χ0v) is 10.8. The first-order valence-electron chi connectivity index (χ1n) is 6.59. The van der Waals surface area contributed by atoms with Crippen LogP contribution in [-0.2, 0) is 0 Å². The summed E-state index contributed by atoms with van der Waals surface area (Å²) in [4.78, 5) is 17.9.